The van der Waals surface area contributed by atoms with Crippen molar-refractivity contribution in [1.29, 1.82) is 0 Å². The number of nitrogens with one attached hydrogen (secondary N) is 2. The van der Waals surface area contributed by atoms with Crippen LogP contribution in [0.25, 0.3) is 0 Å². The fraction of sp³-hybridized carbons (Fsp3) is 0.720. The molecule has 1 aromatic rings. The summed E-state index contributed by atoms with van der Waals surface area (Å²) < 4.78 is 11.9. The predicted octanol–water partition coefficient (Wildman–Crippen LogP) is 3.53. The highest BCUT2D eigenvalue weighted by Crippen LogP contribution is 2.32. The van der Waals surface area contributed by atoms with E-state index in [2.05, 4.69) is 58.6 Å². The second-order valence-corrected chi connectivity index (χ2v) is 8.98. The Balaban J connectivity index is 1.28. The molecule has 174 valence electrons. The number of piperidine rings is 1. The van der Waals surface area contributed by atoms with Gasteiger partial charge in [0, 0.05) is 45.9 Å². The van der Waals surface area contributed by atoms with Gasteiger partial charge in [-0.3, -0.25) is 4.99 Å². The number of hydrogen-bond acceptors (Lipinski definition) is 4. The Morgan fingerprint density at radius 1 is 1.16 bits per heavy atom. The third-order valence-corrected chi connectivity index (χ3v) is 6.26. The number of aryl methyl sites for hydroxylation is 1. The van der Waals surface area contributed by atoms with Gasteiger partial charge in [0.1, 0.15) is 0 Å². The molecule has 0 radical (unpaired) electrons. The first kappa shape index (κ1) is 24.0. The molecule has 1 aliphatic heterocycles. The van der Waals surface area contributed by atoms with E-state index >= 15 is 0 Å². The zero-order valence-electron chi connectivity index (χ0n) is 19.7. The van der Waals surface area contributed by atoms with Crippen molar-refractivity contribution < 1.29 is 9.47 Å². The number of likely N-dealkylation sites (tertiary alicyclic amines) is 1. The van der Waals surface area contributed by atoms with Crippen LogP contribution in [0.1, 0.15) is 63.2 Å². The topological polar surface area (TPSA) is 58.1 Å². The zero-order chi connectivity index (χ0) is 21.9. The van der Waals surface area contributed by atoms with Crippen LogP contribution >= 0.6 is 0 Å². The standard InChI is InChI=1S/C25H42N4O2/c1-20(2)30-19-17-29-15-12-22(13-16-29)28-25(26-3)27-14-7-18-31-24-11-6-9-21-8-4-5-10-23(21)24/h4-5,8,10,20,22,24H,6-7,9,11-19H2,1-3H3,(H2,26,27,28). The molecule has 2 N–H and O–H groups in total. The van der Waals surface area contributed by atoms with Crippen molar-refractivity contribution in [2.75, 3.05) is 46.4 Å². The van der Waals surface area contributed by atoms with E-state index in [4.69, 9.17) is 9.47 Å². The van der Waals surface area contributed by atoms with E-state index in [0.29, 0.717) is 12.1 Å². The molecule has 0 bridgehead atoms. The molecule has 1 atom stereocenters. The van der Waals surface area contributed by atoms with Crippen LogP contribution in [0.5, 0.6) is 0 Å². The van der Waals surface area contributed by atoms with Crippen LogP contribution in [0, 0.1) is 0 Å². The van der Waals surface area contributed by atoms with Crippen molar-refractivity contribution in [3.63, 3.8) is 0 Å². The van der Waals surface area contributed by atoms with Crippen LogP contribution in [-0.2, 0) is 15.9 Å². The molecular weight excluding hydrogens is 388 g/mol. The number of aliphatic imine (C=N–C) groups is 1. The van der Waals surface area contributed by atoms with Crippen LogP contribution < -0.4 is 10.6 Å². The lowest BCUT2D eigenvalue weighted by Crippen LogP contribution is -2.49. The average Bonchev–Trinajstić information content (AvgIpc) is 2.79. The van der Waals surface area contributed by atoms with Gasteiger partial charge in [0.25, 0.3) is 0 Å². The van der Waals surface area contributed by atoms with Gasteiger partial charge in [0.2, 0.25) is 0 Å². The number of rotatable bonds is 10. The molecule has 2 aliphatic rings. The SMILES string of the molecule is CN=C(NCCCOC1CCCc2ccccc21)NC1CCN(CCOC(C)C)CC1. The van der Waals surface area contributed by atoms with Gasteiger partial charge in [-0.15, -0.1) is 0 Å². The Kier molecular flexibility index (Phi) is 10.1. The number of nitrogens with zero attached hydrogens (tertiary/aromatic N) is 2. The summed E-state index contributed by atoms with van der Waals surface area (Å²) in [4.78, 5) is 6.90. The van der Waals surface area contributed by atoms with E-state index in [1.165, 1.54) is 24.0 Å². The number of benzene rings is 1. The van der Waals surface area contributed by atoms with Gasteiger partial charge < -0.3 is 25.0 Å². The largest absolute Gasteiger partial charge is 0.377 e. The quantitative estimate of drug-likeness (QED) is 0.338. The summed E-state index contributed by atoms with van der Waals surface area (Å²) in [6, 6.07) is 9.22. The predicted molar refractivity (Wildman–Crippen MR) is 128 cm³/mol. The van der Waals surface area contributed by atoms with Crippen molar-refractivity contribution in [3.05, 3.63) is 35.4 Å². The first-order valence-corrected chi connectivity index (χ1v) is 12.2. The van der Waals surface area contributed by atoms with E-state index in [1.807, 2.05) is 7.05 Å². The maximum Gasteiger partial charge on any atom is 0.191 e. The highest BCUT2D eigenvalue weighted by molar-refractivity contribution is 5.79. The molecule has 1 heterocycles. The molecule has 0 amide bonds. The van der Waals surface area contributed by atoms with Crippen LogP contribution in [0.4, 0.5) is 0 Å². The molecule has 1 aliphatic carbocycles. The number of hydrogen-bond donors (Lipinski definition) is 2. The first-order valence-electron chi connectivity index (χ1n) is 12.2. The van der Waals surface area contributed by atoms with E-state index in [1.54, 1.807) is 0 Å². The van der Waals surface area contributed by atoms with E-state index in [9.17, 15) is 0 Å². The van der Waals surface area contributed by atoms with E-state index in [0.717, 1.165) is 71.0 Å². The maximum absolute atomic E-state index is 6.22. The minimum Gasteiger partial charge on any atom is -0.377 e. The molecule has 0 spiro atoms. The molecule has 6 heteroatoms. The Labute approximate surface area is 188 Å². The minimum absolute atomic E-state index is 0.263. The van der Waals surface area contributed by atoms with Gasteiger partial charge in [-0.25, -0.2) is 0 Å². The van der Waals surface area contributed by atoms with Crippen LogP contribution in [0.2, 0.25) is 0 Å². The van der Waals surface area contributed by atoms with Gasteiger partial charge in [-0.05, 0) is 63.5 Å². The normalized spacial score (nSPS) is 20.6. The molecule has 0 aromatic heterocycles. The van der Waals surface area contributed by atoms with Crippen molar-refractivity contribution >= 4 is 5.96 Å². The summed E-state index contributed by atoms with van der Waals surface area (Å²) in [6.45, 7) is 9.93. The van der Waals surface area contributed by atoms with Gasteiger partial charge in [0.15, 0.2) is 5.96 Å². The van der Waals surface area contributed by atoms with Crippen molar-refractivity contribution in [1.82, 2.24) is 15.5 Å². The third kappa shape index (κ3) is 8.09. The Morgan fingerprint density at radius 2 is 1.97 bits per heavy atom. The molecule has 0 saturated carbocycles. The summed E-state index contributed by atoms with van der Waals surface area (Å²) in [7, 11) is 1.85. The monoisotopic (exact) mass is 430 g/mol. The van der Waals surface area contributed by atoms with Crippen molar-refractivity contribution in [2.24, 2.45) is 4.99 Å². The Hall–Kier alpha value is -1.63. The molecule has 1 fully saturated rings. The van der Waals surface area contributed by atoms with Crippen molar-refractivity contribution in [3.8, 4) is 0 Å². The zero-order valence-corrected chi connectivity index (χ0v) is 19.7. The fourth-order valence-electron chi connectivity index (χ4n) is 4.49. The summed E-state index contributed by atoms with van der Waals surface area (Å²) >= 11 is 0. The lowest BCUT2D eigenvalue weighted by Gasteiger charge is -2.33. The lowest BCUT2D eigenvalue weighted by atomic mass is 9.89. The number of fused-ring (bicyclic) bond motifs is 1. The van der Waals surface area contributed by atoms with Gasteiger partial charge in [-0.1, -0.05) is 24.3 Å². The van der Waals surface area contributed by atoms with Crippen LogP contribution in [0.3, 0.4) is 0 Å². The Bertz CT molecular complexity index is 671. The summed E-state index contributed by atoms with van der Waals surface area (Å²) in [5, 5.41) is 7.05. The molecular formula is C25H42N4O2. The summed E-state index contributed by atoms with van der Waals surface area (Å²) in [5.41, 5.74) is 2.85. The molecule has 6 nitrogen and oxygen atoms in total. The highest BCUT2D eigenvalue weighted by Gasteiger charge is 2.21. The average molecular weight is 431 g/mol. The number of guanidine groups is 1. The molecule has 1 unspecified atom stereocenters. The fourth-order valence-corrected chi connectivity index (χ4v) is 4.49. The van der Waals surface area contributed by atoms with Crippen LogP contribution in [0.15, 0.2) is 29.3 Å². The Morgan fingerprint density at radius 3 is 2.74 bits per heavy atom. The second kappa shape index (κ2) is 13.0. The van der Waals surface area contributed by atoms with E-state index < -0.39 is 0 Å². The summed E-state index contributed by atoms with van der Waals surface area (Å²) in [6.07, 6.45) is 7.39. The molecule has 3 rings (SSSR count). The van der Waals surface area contributed by atoms with E-state index in [-0.39, 0.29) is 6.10 Å². The van der Waals surface area contributed by atoms with Gasteiger partial charge >= 0.3 is 0 Å². The molecule has 1 saturated heterocycles. The maximum atomic E-state index is 6.22. The summed E-state index contributed by atoms with van der Waals surface area (Å²) in [5.74, 6) is 0.907. The second-order valence-electron chi connectivity index (χ2n) is 8.98. The van der Waals surface area contributed by atoms with Gasteiger partial charge in [0.05, 0.1) is 18.8 Å². The number of ether oxygens (including phenoxy) is 2. The third-order valence-electron chi connectivity index (χ3n) is 6.26. The van der Waals surface area contributed by atoms with Crippen LogP contribution in [-0.4, -0.2) is 69.4 Å². The van der Waals surface area contributed by atoms with Gasteiger partial charge in [-0.2, -0.15) is 0 Å². The molecule has 1 aromatic carbocycles. The van der Waals surface area contributed by atoms with Crippen molar-refractivity contribution in [2.45, 2.75) is 70.6 Å². The first-order chi connectivity index (χ1) is 15.2. The smallest absolute Gasteiger partial charge is 0.191 e. The molecule has 31 heavy (non-hydrogen) atoms. The lowest BCUT2D eigenvalue weighted by molar-refractivity contribution is 0.0398. The minimum atomic E-state index is 0.263. The highest BCUT2D eigenvalue weighted by atomic mass is 16.5.